The van der Waals surface area contributed by atoms with E-state index in [1.165, 1.54) is 0 Å². The van der Waals surface area contributed by atoms with Crippen molar-refractivity contribution in [2.24, 2.45) is 10.9 Å². The van der Waals surface area contributed by atoms with E-state index in [1.54, 1.807) is 0 Å². The van der Waals surface area contributed by atoms with Crippen molar-refractivity contribution in [2.75, 3.05) is 40.0 Å². The zero-order valence-corrected chi connectivity index (χ0v) is 16.9. The molecule has 7 heteroatoms. The molecule has 7 nitrogen and oxygen atoms in total. The van der Waals surface area contributed by atoms with Crippen molar-refractivity contribution in [2.45, 2.75) is 38.8 Å². The lowest BCUT2D eigenvalue weighted by Gasteiger charge is -2.24. The van der Waals surface area contributed by atoms with Gasteiger partial charge in [-0.3, -0.25) is 4.79 Å². The molecule has 2 N–H and O–H groups in total. The van der Waals surface area contributed by atoms with Gasteiger partial charge >= 0.3 is 0 Å². The van der Waals surface area contributed by atoms with Gasteiger partial charge in [0.1, 0.15) is 5.75 Å². The Morgan fingerprint density at radius 3 is 2.93 bits per heavy atom. The Kier molecular flexibility index (Phi) is 7.54. The molecule has 2 aliphatic rings. The fourth-order valence-electron chi connectivity index (χ4n) is 3.22. The first-order chi connectivity index (χ1) is 13.6. The Bertz CT molecular complexity index is 669. The van der Waals surface area contributed by atoms with Crippen LogP contribution in [0.2, 0.25) is 0 Å². The first-order valence-corrected chi connectivity index (χ1v) is 10.2. The normalized spacial score (nSPS) is 19.4. The summed E-state index contributed by atoms with van der Waals surface area (Å²) in [5, 5.41) is 6.28. The minimum absolute atomic E-state index is 0.0536. The second-order valence-corrected chi connectivity index (χ2v) is 7.56. The monoisotopic (exact) mass is 388 g/mol. The number of ether oxygens (including phenoxy) is 2. The number of guanidine groups is 1. The highest BCUT2D eigenvalue weighted by atomic mass is 16.5. The number of carbonyl (C=O) groups excluding carboxylic acids is 1. The fourth-order valence-corrected chi connectivity index (χ4v) is 3.22. The van der Waals surface area contributed by atoms with Gasteiger partial charge in [-0.15, -0.1) is 0 Å². The number of benzene rings is 1. The molecule has 2 fully saturated rings. The minimum atomic E-state index is -0.0575. The van der Waals surface area contributed by atoms with Crippen LogP contribution in [0.25, 0.3) is 0 Å². The van der Waals surface area contributed by atoms with Crippen LogP contribution in [-0.4, -0.2) is 62.8 Å². The van der Waals surface area contributed by atoms with E-state index in [4.69, 9.17) is 14.5 Å². The highest BCUT2D eigenvalue weighted by Gasteiger charge is 2.23. The Balaban J connectivity index is 1.53. The molecule has 1 unspecified atom stereocenters. The van der Waals surface area contributed by atoms with Crippen LogP contribution in [0.15, 0.2) is 29.3 Å². The summed E-state index contributed by atoms with van der Waals surface area (Å²) in [6, 6.07) is 8.13. The first kappa shape index (κ1) is 20.5. The predicted molar refractivity (Wildman–Crippen MR) is 109 cm³/mol. The molecule has 1 heterocycles. The van der Waals surface area contributed by atoms with E-state index >= 15 is 0 Å². The molecule has 1 aromatic rings. The van der Waals surface area contributed by atoms with Crippen molar-refractivity contribution in [1.82, 2.24) is 15.5 Å². The molecule has 1 saturated carbocycles. The lowest BCUT2D eigenvalue weighted by Crippen LogP contribution is -2.41. The Hall–Kier alpha value is -2.28. The topological polar surface area (TPSA) is 75.2 Å². The number of amides is 1. The quantitative estimate of drug-likeness (QED) is 0.498. The van der Waals surface area contributed by atoms with Crippen molar-refractivity contribution in [3.63, 3.8) is 0 Å². The number of hydrogen-bond donors (Lipinski definition) is 2. The molecule has 3 rings (SSSR count). The molecule has 0 aromatic heterocycles. The van der Waals surface area contributed by atoms with Crippen molar-refractivity contribution < 1.29 is 14.3 Å². The minimum Gasteiger partial charge on any atom is -0.484 e. The average Bonchev–Trinajstić information content (AvgIpc) is 3.35. The fraction of sp³-hybridized carbons (Fsp3) is 0.619. The van der Waals surface area contributed by atoms with Crippen LogP contribution in [0.3, 0.4) is 0 Å². The summed E-state index contributed by atoms with van der Waals surface area (Å²) >= 11 is 0. The van der Waals surface area contributed by atoms with Crippen LogP contribution < -0.4 is 15.4 Å². The van der Waals surface area contributed by atoms with Gasteiger partial charge in [0.15, 0.2) is 12.6 Å². The number of nitrogens with zero attached hydrogens (tertiary/aromatic N) is 2. The zero-order chi connectivity index (χ0) is 19.8. The van der Waals surface area contributed by atoms with E-state index < -0.39 is 0 Å². The van der Waals surface area contributed by atoms with Crippen molar-refractivity contribution in [3.8, 4) is 5.75 Å². The molecule has 1 saturated heterocycles. The van der Waals surface area contributed by atoms with Gasteiger partial charge in [-0.25, -0.2) is 4.99 Å². The highest BCUT2D eigenvalue weighted by molar-refractivity contribution is 5.79. The third-order valence-electron chi connectivity index (χ3n) is 4.87. The first-order valence-electron chi connectivity index (χ1n) is 10.2. The van der Waals surface area contributed by atoms with Gasteiger partial charge in [0.25, 0.3) is 5.91 Å². The molecule has 0 bridgehead atoms. The summed E-state index contributed by atoms with van der Waals surface area (Å²) in [6.45, 7) is 6.13. The molecule has 1 aliphatic heterocycles. The number of hydrogen-bond acceptors (Lipinski definition) is 4. The van der Waals surface area contributed by atoms with Gasteiger partial charge in [-0.2, -0.15) is 0 Å². The van der Waals surface area contributed by atoms with E-state index in [-0.39, 0.29) is 12.5 Å². The molecule has 28 heavy (non-hydrogen) atoms. The average molecular weight is 389 g/mol. The zero-order valence-electron chi connectivity index (χ0n) is 16.9. The van der Waals surface area contributed by atoms with Gasteiger partial charge in [0.2, 0.25) is 0 Å². The Labute approximate surface area is 167 Å². The second kappa shape index (κ2) is 10.3. The molecular weight excluding hydrogens is 356 g/mol. The number of carbonyl (C=O) groups is 1. The maximum atomic E-state index is 11.8. The molecule has 1 aromatic carbocycles. The smallest absolute Gasteiger partial charge is 0.258 e. The summed E-state index contributed by atoms with van der Waals surface area (Å²) < 4.78 is 11.1. The van der Waals surface area contributed by atoms with Gasteiger partial charge in [0, 0.05) is 38.7 Å². The predicted octanol–water partition coefficient (Wildman–Crippen LogP) is 1.78. The lowest BCUT2D eigenvalue weighted by molar-refractivity contribution is -0.123. The van der Waals surface area contributed by atoms with Crippen LogP contribution in [-0.2, 0) is 16.1 Å². The van der Waals surface area contributed by atoms with Gasteiger partial charge < -0.3 is 25.0 Å². The van der Waals surface area contributed by atoms with E-state index in [0.717, 1.165) is 57.1 Å². The van der Waals surface area contributed by atoms with Gasteiger partial charge in [-0.05, 0) is 43.9 Å². The summed E-state index contributed by atoms with van der Waals surface area (Å²) in [7, 11) is 2.07. The molecule has 1 amide bonds. The van der Waals surface area contributed by atoms with Crippen LogP contribution >= 0.6 is 0 Å². The van der Waals surface area contributed by atoms with E-state index in [2.05, 4.69) is 29.5 Å². The van der Waals surface area contributed by atoms with E-state index in [0.29, 0.717) is 24.3 Å². The third-order valence-corrected chi connectivity index (χ3v) is 4.87. The Morgan fingerprint density at radius 2 is 2.21 bits per heavy atom. The van der Waals surface area contributed by atoms with Crippen molar-refractivity contribution in [1.29, 1.82) is 0 Å². The third kappa shape index (κ3) is 6.71. The summed E-state index contributed by atoms with van der Waals surface area (Å²) in [6.07, 6.45) is 3.27. The largest absolute Gasteiger partial charge is 0.484 e. The molecule has 1 atom stereocenters. The second-order valence-electron chi connectivity index (χ2n) is 7.56. The van der Waals surface area contributed by atoms with Crippen molar-refractivity contribution in [3.05, 3.63) is 29.8 Å². The standard InChI is InChI=1S/C21H32N4O3/c1-3-22-21(25(2)13-17-9-10-27-14-17)23-12-16-5-4-6-19(11-16)28-15-20(26)24-18-7-8-18/h4-6,11,17-18H,3,7-10,12-15H2,1-2H3,(H,22,23)(H,24,26). The molecule has 0 radical (unpaired) electrons. The Morgan fingerprint density at radius 1 is 1.36 bits per heavy atom. The molecule has 0 spiro atoms. The van der Waals surface area contributed by atoms with Gasteiger partial charge in [-0.1, -0.05) is 12.1 Å². The number of nitrogens with one attached hydrogen (secondary N) is 2. The van der Waals surface area contributed by atoms with Gasteiger partial charge in [0.05, 0.1) is 13.2 Å². The SMILES string of the molecule is CCNC(=NCc1cccc(OCC(=O)NC2CC2)c1)N(C)CC1CCOC1. The molecular formula is C21H32N4O3. The summed E-state index contributed by atoms with van der Waals surface area (Å²) in [5.41, 5.74) is 1.05. The maximum absolute atomic E-state index is 11.8. The van der Waals surface area contributed by atoms with Crippen molar-refractivity contribution >= 4 is 11.9 Å². The lowest BCUT2D eigenvalue weighted by atomic mass is 10.1. The highest BCUT2D eigenvalue weighted by Crippen LogP contribution is 2.19. The molecule has 154 valence electrons. The summed E-state index contributed by atoms with van der Waals surface area (Å²) in [5.74, 6) is 2.09. The maximum Gasteiger partial charge on any atom is 0.258 e. The van der Waals surface area contributed by atoms with Crippen LogP contribution in [0, 0.1) is 5.92 Å². The van der Waals surface area contributed by atoms with E-state index in [1.807, 2.05) is 24.3 Å². The van der Waals surface area contributed by atoms with Crippen LogP contribution in [0.5, 0.6) is 5.75 Å². The van der Waals surface area contributed by atoms with E-state index in [9.17, 15) is 4.79 Å². The molecule has 1 aliphatic carbocycles. The number of aliphatic imine (C=N–C) groups is 1. The summed E-state index contributed by atoms with van der Waals surface area (Å²) in [4.78, 5) is 18.7. The number of rotatable bonds is 9. The van der Waals surface area contributed by atoms with Crippen LogP contribution in [0.4, 0.5) is 0 Å². The van der Waals surface area contributed by atoms with Crippen LogP contribution in [0.1, 0.15) is 31.7 Å².